The number of carbonyl (C=O) groups excluding carboxylic acids is 1. The number of H-pyrrole nitrogens is 1. The number of likely N-dealkylation sites (N-methyl/N-ethyl adjacent to an activating group) is 1. The number of nitrogens with one attached hydrogen (secondary N) is 3. The number of aromatic nitrogens is 5. The minimum atomic E-state index is -0.206. The van der Waals surface area contributed by atoms with Crippen LogP contribution in [0.2, 0.25) is 0 Å². The molecule has 1 aliphatic rings. The number of hydrogen-bond donors (Lipinski definition) is 3. The third-order valence-corrected chi connectivity index (χ3v) is 6.28. The predicted molar refractivity (Wildman–Crippen MR) is 146 cm³/mol. The van der Waals surface area contributed by atoms with E-state index in [1.807, 2.05) is 42.4 Å². The molecule has 1 amide bonds. The van der Waals surface area contributed by atoms with Crippen LogP contribution < -0.4 is 15.4 Å². The van der Waals surface area contributed by atoms with E-state index in [0.29, 0.717) is 28.9 Å². The van der Waals surface area contributed by atoms with Gasteiger partial charge in [0.15, 0.2) is 0 Å². The number of anilines is 3. The summed E-state index contributed by atoms with van der Waals surface area (Å²) in [5.74, 6) is 0.667. The molecule has 194 valence electrons. The highest BCUT2D eigenvalue weighted by molar-refractivity contribution is 6.09. The summed E-state index contributed by atoms with van der Waals surface area (Å²) in [5, 5.41) is 11.4. The zero-order valence-corrected chi connectivity index (χ0v) is 21.8. The molecule has 1 aromatic carbocycles. The molecule has 0 radical (unpaired) electrons. The van der Waals surface area contributed by atoms with Gasteiger partial charge < -0.3 is 30.2 Å². The summed E-state index contributed by atoms with van der Waals surface area (Å²) in [5.41, 5.74) is 4.26. The maximum Gasteiger partial charge on any atom is 0.271 e. The highest BCUT2D eigenvalue weighted by atomic mass is 35.5. The molecule has 0 unspecified atom stereocenters. The van der Waals surface area contributed by atoms with Crippen molar-refractivity contribution >= 4 is 46.5 Å². The molecule has 0 saturated carbocycles. The van der Waals surface area contributed by atoms with Gasteiger partial charge >= 0.3 is 0 Å². The molecule has 5 rings (SSSR count). The standard InChI is InChI=1S/C25H29N9O2.ClH/c1-16(34-12-10-32(2)11-13-34)23(35)28-20-7-5-6-17-18(14-27-22(17)20)19-8-9-26-25(29-19)30-21-15-33(3)31-24(21)36-4;/h5-9,14-15,27H,1,10-13H2,2-4H3,(H,28,35)(H,26,29,30);1H. The lowest BCUT2D eigenvalue weighted by molar-refractivity contribution is -0.114. The van der Waals surface area contributed by atoms with Gasteiger partial charge in [-0.2, -0.15) is 0 Å². The zero-order valence-electron chi connectivity index (χ0n) is 21.0. The summed E-state index contributed by atoms with van der Waals surface area (Å²) in [7, 11) is 5.46. The van der Waals surface area contributed by atoms with Crippen LogP contribution in [0.25, 0.3) is 22.2 Å². The highest BCUT2D eigenvalue weighted by Crippen LogP contribution is 2.32. The first-order valence-corrected chi connectivity index (χ1v) is 11.6. The van der Waals surface area contributed by atoms with Crippen molar-refractivity contribution in [1.82, 2.24) is 34.5 Å². The third kappa shape index (κ3) is 5.37. The van der Waals surface area contributed by atoms with E-state index >= 15 is 0 Å². The van der Waals surface area contributed by atoms with Crippen LogP contribution in [0.3, 0.4) is 0 Å². The number of rotatable bonds is 7. The molecule has 1 fully saturated rings. The molecular weight excluding hydrogens is 494 g/mol. The molecule has 3 aromatic heterocycles. The first-order chi connectivity index (χ1) is 17.4. The van der Waals surface area contributed by atoms with Gasteiger partial charge in [0.2, 0.25) is 5.95 Å². The molecule has 12 heteroatoms. The van der Waals surface area contributed by atoms with Gasteiger partial charge in [-0.25, -0.2) is 9.97 Å². The fourth-order valence-electron chi connectivity index (χ4n) is 4.28. The smallest absolute Gasteiger partial charge is 0.271 e. The minimum Gasteiger partial charge on any atom is -0.478 e. The maximum atomic E-state index is 13.0. The van der Waals surface area contributed by atoms with Crippen molar-refractivity contribution in [3.05, 3.63) is 55.1 Å². The number of aromatic amines is 1. The number of halogens is 1. The van der Waals surface area contributed by atoms with Crippen molar-refractivity contribution in [3.63, 3.8) is 0 Å². The van der Waals surface area contributed by atoms with Crippen LogP contribution >= 0.6 is 12.4 Å². The summed E-state index contributed by atoms with van der Waals surface area (Å²) in [6.07, 6.45) is 5.37. The average molecular weight is 524 g/mol. The Morgan fingerprint density at radius 2 is 1.92 bits per heavy atom. The first-order valence-electron chi connectivity index (χ1n) is 11.6. The van der Waals surface area contributed by atoms with Crippen molar-refractivity contribution in [3.8, 4) is 17.1 Å². The molecular formula is C25H30ClN9O2. The Morgan fingerprint density at radius 3 is 2.68 bits per heavy atom. The molecule has 4 aromatic rings. The monoisotopic (exact) mass is 523 g/mol. The van der Waals surface area contributed by atoms with E-state index in [1.54, 1.807) is 24.2 Å². The van der Waals surface area contributed by atoms with Gasteiger partial charge in [-0.1, -0.05) is 18.7 Å². The van der Waals surface area contributed by atoms with Gasteiger partial charge in [0, 0.05) is 56.6 Å². The van der Waals surface area contributed by atoms with E-state index in [0.717, 1.165) is 48.3 Å². The number of fused-ring (bicyclic) bond motifs is 1. The number of piperazine rings is 1. The van der Waals surface area contributed by atoms with E-state index < -0.39 is 0 Å². The van der Waals surface area contributed by atoms with Crippen LogP contribution in [0.5, 0.6) is 5.88 Å². The molecule has 11 nitrogen and oxygen atoms in total. The molecule has 0 aliphatic carbocycles. The second kappa shape index (κ2) is 10.9. The van der Waals surface area contributed by atoms with Crippen molar-refractivity contribution in [2.24, 2.45) is 7.05 Å². The quantitative estimate of drug-likeness (QED) is 0.316. The largest absolute Gasteiger partial charge is 0.478 e. The van der Waals surface area contributed by atoms with E-state index in [9.17, 15) is 4.79 Å². The Hall–Kier alpha value is -4.09. The minimum absolute atomic E-state index is 0. The van der Waals surface area contributed by atoms with Crippen LogP contribution in [0.15, 0.2) is 55.1 Å². The molecule has 0 bridgehead atoms. The molecule has 37 heavy (non-hydrogen) atoms. The fraction of sp³-hybridized carbons (Fsp3) is 0.280. The summed E-state index contributed by atoms with van der Waals surface area (Å²) in [6.45, 7) is 7.43. The Labute approximate surface area is 220 Å². The summed E-state index contributed by atoms with van der Waals surface area (Å²) in [4.78, 5) is 29.5. The van der Waals surface area contributed by atoms with E-state index in [2.05, 4.69) is 49.2 Å². The van der Waals surface area contributed by atoms with Crippen molar-refractivity contribution in [1.29, 1.82) is 0 Å². The van der Waals surface area contributed by atoms with Crippen molar-refractivity contribution < 1.29 is 9.53 Å². The normalized spacial score (nSPS) is 13.8. The molecule has 4 heterocycles. The van der Waals surface area contributed by atoms with Gasteiger partial charge in [0.05, 0.1) is 35.9 Å². The van der Waals surface area contributed by atoms with Crippen molar-refractivity contribution in [2.75, 3.05) is 51.0 Å². The summed E-state index contributed by atoms with van der Waals surface area (Å²) >= 11 is 0. The SMILES string of the molecule is C=C(C(=O)Nc1cccc2c(-c3ccnc(Nc4cn(C)nc4OC)n3)c[nH]c12)N1CCN(C)CC1.Cl. The Balaban J connectivity index is 0.00000320. The number of nitrogens with zero attached hydrogens (tertiary/aromatic N) is 6. The molecule has 0 spiro atoms. The topological polar surface area (TPSA) is 116 Å². The zero-order chi connectivity index (χ0) is 25.2. The second-order valence-electron chi connectivity index (χ2n) is 8.74. The van der Waals surface area contributed by atoms with Crippen LogP contribution in [0.4, 0.5) is 17.3 Å². The van der Waals surface area contributed by atoms with Gasteiger partial charge in [0.25, 0.3) is 11.8 Å². The number of methoxy groups -OCH3 is 1. The van der Waals surface area contributed by atoms with Gasteiger partial charge in [-0.15, -0.1) is 17.5 Å². The van der Waals surface area contributed by atoms with E-state index in [4.69, 9.17) is 4.74 Å². The number of ether oxygens (including phenoxy) is 1. The summed E-state index contributed by atoms with van der Waals surface area (Å²) in [6, 6.07) is 7.62. The number of hydrogen-bond acceptors (Lipinski definition) is 8. The van der Waals surface area contributed by atoms with Crippen LogP contribution in [-0.2, 0) is 11.8 Å². The molecule has 1 saturated heterocycles. The first kappa shape index (κ1) is 26.0. The van der Waals surface area contributed by atoms with Gasteiger partial charge in [-0.3, -0.25) is 9.48 Å². The average Bonchev–Trinajstić information content (AvgIpc) is 3.47. The third-order valence-electron chi connectivity index (χ3n) is 6.28. The van der Waals surface area contributed by atoms with Gasteiger partial charge in [0.1, 0.15) is 5.69 Å². The lowest BCUT2D eigenvalue weighted by Crippen LogP contribution is -2.45. The molecule has 3 N–H and O–H groups in total. The predicted octanol–water partition coefficient (Wildman–Crippen LogP) is 3.23. The van der Waals surface area contributed by atoms with E-state index in [-0.39, 0.29) is 18.3 Å². The van der Waals surface area contributed by atoms with Crippen LogP contribution in [-0.4, -0.2) is 80.8 Å². The molecule has 1 aliphatic heterocycles. The number of para-hydroxylation sites is 1. The molecule has 0 atom stereocenters. The summed E-state index contributed by atoms with van der Waals surface area (Å²) < 4.78 is 6.95. The van der Waals surface area contributed by atoms with E-state index in [1.165, 1.54) is 0 Å². The lowest BCUT2D eigenvalue weighted by atomic mass is 10.1. The highest BCUT2D eigenvalue weighted by Gasteiger charge is 2.21. The van der Waals surface area contributed by atoms with Gasteiger partial charge in [-0.05, 0) is 19.2 Å². The number of aryl methyl sites for hydroxylation is 1. The Bertz CT molecular complexity index is 1420. The fourth-order valence-corrected chi connectivity index (χ4v) is 4.28. The van der Waals surface area contributed by atoms with Crippen molar-refractivity contribution in [2.45, 2.75) is 0 Å². The second-order valence-corrected chi connectivity index (χ2v) is 8.74. The maximum absolute atomic E-state index is 13.0. The number of amides is 1. The van der Waals surface area contributed by atoms with Crippen LogP contribution in [0.1, 0.15) is 0 Å². The Morgan fingerprint density at radius 1 is 1.14 bits per heavy atom. The lowest BCUT2D eigenvalue weighted by Gasteiger charge is -2.34. The van der Waals surface area contributed by atoms with Crippen LogP contribution in [0, 0.1) is 0 Å². The Kier molecular flexibility index (Phi) is 7.65. The number of benzene rings is 1. The number of carbonyl (C=O) groups is 1.